The second-order valence-electron chi connectivity index (χ2n) is 4.13. The third-order valence-corrected chi connectivity index (χ3v) is 4.11. The van der Waals surface area contributed by atoms with Gasteiger partial charge in [0.1, 0.15) is 5.82 Å². The zero-order valence-corrected chi connectivity index (χ0v) is 11.8. The lowest BCUT2D eigenvalue weighted by molar-refractivity contribution is 0.573. The Labute approximate surface area is 115 Å². The van der Waals surface area contributed by atoms with E-state index < -0.39 is 0 Å². The van der Waals surface area contributed by atoms with Crippen molar-refractivity contribution in [2.45, 2.75) is 26.4 Å². The van der Waals surface area contributed by atoms with E-state index in [1.165, 1.54) is 17.0 Å². The van der Waals surface area contributed by atoms with Gasteiger partial charge in [0, 0.05) is 22.5 Å². The number of hydrogen-bond acceptors (Lipinski definition) is 3. The van der Waals surface area contributed by atoms with Gasteiger partial charge in [-0.1, -0.05) is 17.7 Å². The minimum Gasteiger partial charge on any atom is -0.305 e. The lowest BCUT2D eigenvalue weighted by atomic mass is 10.1. The molecule has 2 nitrogen and oxygen atoms in total. The predicted octanol–water partition coefficient (Wildman–Crippen LogP) is 4.09. The van der Waals surface area contributed by atoms with Crippen molar-refractivity contribution in [1.82, 2.24) is 10.3 Å². The minimum atomic E-state index is -0.311. The van der Waals surface area contributed by atoms with Gasteiger partial charge in [-0.3, -0.25) is 0 Å². The van der Waals surface area contributed by atoms with Gasteiger partial charge in [-0.15, -0.1) is 11.3 Å². The third kappa shape index (κ3) is 3.07. The van der Waals surface area contributed by atoms with Gasteiger partial charge in [-0.05, 0) is 31.5 Å². The monoisotopic (exact) mass is 284 g/mol. The van der Waals surface area contributed by atoms with Gasteiger partial charge in [-0.2, -0.15) is 0 Å². The molecule has 96 valence electrons. The zero-order chi connectivity index (χ0) is 13.1. The van der Waals surface area contributed by atoms with Crippen LogP contribution in [-0.4, -0.2) is 4.98 Å². The van der Waals surface area contributed by atoms with Crippen molar-refractivity contribution in [3.63, 3.8) is 0 Å². The van der Waals surface area contributed by atoms with Crippen molar-refractivity contribution in [2.24, 2.45) is 0 Å². The highest BCUT2D eigenvalue weighted by atomic mass is 35.5. The molecule has 18 heavy (non-hydrogen) atoms. The molecule has 0 aliphatic heterocycles. The van der Waals surface area contributed by atoms with Crippen molar-refractivity contribution in [3.05, 3.63) is 50.7 Å². The average molecular weight is 285 g/mol. The summed E-state index contributed by atoms with van der Waals surface area (Å²) in [5.74, 6) is -0.311. The second kappa shape index (κ2) is 5.78. The van der Waals surface area contributed by atoms with Gasteiger partial charge >= 0.3 is 0 Å². The van der Waals surface area contributed by atoms with E-state index in [1.54, 1.807) is 17.4 Å². The number of rotatable bonds is 4. The largest absolute Gasteiger partial charge is 0.305 e. The Kier molecular flexibility index (Phi) is 4.32. The van der Waals surface area contributed by atoms with Gasteiger partial charge in [0.2, 0.25) is 0 Å². The molecule has 1 unspecified atom stereocenters. The van der Waals surface area contributed by atoms with E-state index in [9.17, 15) is 4.39 Å². The smallest absolute Gasteiger partial charge is 0.124 e. The van der Waals surface area contributed by atoms with Crippen LogP contribution in [0, 0.1) is 12.7 Å². The molecule has 0 amide bonds. The van der Waals surface area contributed by atoms with E-state index in [1.807, 2.05) is 19.4 Å². The molecule has 2 aromatic rings. The van der Waals surface area contributed by atoms with Crippen LogP contribution in [-0.2, 0) is 6.54 Å². The van der Waals surface area contributed by atoms with Gasteiger partial charge in [0.05, 0.1) is 11.2 Å². The van der Waals surface area contributed by atoms with Crippen LogP contribution in [0.4, 0.5) is 4.39 Å². The quantitative estimate of drug-likeness (QED) is 0.914. The third-order valence-electron chi connectivity index (χ3n) is 2.84. The van der Waals surface area contributed by atoms with Crippen molar-refractivity contribution in [2.75, 3.05) is 0 Å². The van der Waals surface area contributed by atoms with Gasteiger partial charge in [-0.25, -0.2) is 9.37 Å². The molecule has 2 rings (SSSR count). The molecule has 0 bridgehead atoms. The number of nitrogens with zero attached hydrogens (tertiary/aromatic N) is 1. The van der Waals surface area contributed by atoms with Crippen molar-refractivity contribution >= 4 is 22.9 Å². The molecule has 1 atom stereocenters. The summed E-state index contributed by atoms with van der Waals surface area (Å²) in [6, 6.07) is 4.55. The molecule has 0 fully saturated rings. The van der Waals surface area contributed by atoms with Crippen molar-refractivity contribution in [1.29, 1.82) is 0 Å². The summed E-state index contributed by atoms with van der Waals surface area (Å²) in [5, 5.41) is 3.82. The number of benzene rings is 1. The summed E-state index contributed by atoms with van der Waals surface area (Å²) in [6.07, 6.45) is 0. The summed E-state index contributed by atoms with van der Waals surface area (Å²) in [5.41, 5.74) is 3.78. The summed E-state index contributed by atoms with van der Waals surface area (Å²) >= 11 is 7.65. The Morgan fingerprint density at radius 3 is 2.89 bits per heavy atom. The summed E-state index contributed by atoms with van der Waals surface area (Å²) < 4.78 is 13.0. The topological polar surface area (TPSA) is 24.9 Å². The maximum Gasteiger partial charge on any atom is 0.124 e. The van der Waals surface area contributed by atoms with Crippen LogP contribution in [0.3, 0.4) is 0 Å². The number of halogens is 2. The number of thiazole rings is 1. The van der Waals surface area contributed by atoms with E-state index in [0.717, 1.165) is 17.8 Å². The van der Waals surface area contributed by atoms with Crippen LogP contribution in [0.1, 0.15) is 29.1 Å². The van der Waals surface area contributed by atoms with E-state index in [0.29, 0.717) is 5.02 Å². The van der Waals surface area contributed by atoms with Crippen molar-refractivity contribution < 1.29 is 4.39 Å². The normalized spacial score (nSPS) is 12.7. The van der Waals surface area contributed by atoms with Crippen LogP contribution < -0.4 is 5.32 Å². The number of hydrogen-bond donors (Lipinski definition) is 1. The standard InChI is InChI=1S/C13H14ClFN2S/c1-8(11-4-3-10(15)5-12(11)14)16-6-13-9(2)17-7-18-13/h3-5,7-8,16H,6H2,1-2H3. The van der Waals surface area contributed by atoms with E-state index in [-0.39, 0.29) is 11.9 Å². The fraction of sp³-hybridized carbons (Fsp3) is 0.308. The Morgan fingerprint density at radius 1 is 1.50 bits per heavy atom. The molecular formula is C13H14ClFN2S. The van der Waals surface area contributed by atoms with Gasteiger partial charge in [0.25, 0.3) is 0 Å². The van der Waals surface area contributed by atoms with E-state index in [4.69, 9.17) is 11.6 Å². The lowest BCUT2D eigenvalue weighted by Gasteiger charge is -2.15. The molecule has 1 heterocycles. The first-order chi connectivity index (χ1) is 8.58. The Balaban J connectivity index is 2.03. The first kappa shape index (κ1) is 13.5. The first-order valence-corrected chi connectivity index (χ1v) is 6.91. The SMILES string of the molecule is Cc1ncsc1CNC(C)c1ccc(F)cc1Cl. The molecule has 0 spiro atoms. The van der Waals surface area contributed by atoms with E-state index >= 15 is 0 Å². The number of aromatic nitrogens is 1. The molecule has 1 aromatic heterocycles. The highest BCUT2D eigenvalue weighted by molar-refractivity contribution is 7.09. The summed E-state index contributed by atoms with van der Waals surface area (Å²) in [4.78, 5) is 5.41. The molecule has 0 radical (unpaired) electrons. The molecule has 0 aliphatic carbocycles. The Morgan fingerprint density at radius 2 is 2.28 bits per heavy atom. The summed E-state index contributed by atoms with van der Waals surface area (Å²) in [7, 11) is 0. The molecule has 5 heteroatoms. The minimum absolute atomic E-state index is 0.0691. The molecule has 0 saturated carbocycles. The Hall–Kier alpha value is -0.970. The van der Waals surface area contributed by atoms with Gasteiger partial charge in [0.15, 0.2) is 0 Å². The molecular weight excluding hydrogens is 271 g/mol. The summed E-state index contributed by atoms with van der Waals surface area (Å²) in [6.45, 7) is 4.74. The second-order valence-corrected chi connectivity index (χ2v) is 5.48. The highest BCUT2D eigenvalue weighted by Gasteiger charge is 2.11. The molecule has 1 N–H and O–H groups in total. The van der Waals surface area contributed by atoms with Crippen LogP contribution in [0.25, 0.3) is 0 Å². The van der Waals surface area contributed by atoms with Crippen LogP contribution in [0.5, 0.6) is 0 Å². The zero-order valence-electron chi connectivity index (χ0n) is 10.2. The van der Waals surface area contributed by atoms with Gasteiger partial charge < -0.3 is 5.32 Å². The van der Waals surface area contributed by atoms with Crippen LogP contribution in [0.15, 0.2) is 23.7 Å². The first-order valence-electron chi connectivity index (χ1n) is 5.65. The van der Waals surface area contributed by atoms with Crippen molar-refractivity contribution in [3.8, 4) is 0 Å². The average Bonchev–Trinajstić information content (AvgIpc) is 2.72. The molecule has 1 aromatic carbocycles. The highest BCUT2D eigenvalue weighted by Crippen LogP contribution is 2.24. The fourth-order valence-corrected chi connectivity index (χ4v) is 2.76. The van der Waals surface area contributed by atoms with Crippen LogP contribution in [0.2, 0.25) is 5.02 Å². The lowest BCUT2D eigenvalue weighted by Crippen LogP contribution is -2.18. The number of nitrogens with one attached hydrogen (secondary N) is 1. The molecule has 0 saturated heterocycles. The van der Waals surface area contributed by atoms with E-state index in [2.05, 4.69) is 10.3 Å². The number of aryl methyl sites for hydroxylation is 1. The fourth-order valence-electron chi connectivity index (χ4n) is 1.70. The maximum atomic E-state index is 13.0. The maximum absolute atomic E-state index is 13.0. The predicted molar refractivity (Wildman–Crippen MR) is 73.5 cm³/mol. The Bertz CT molecular complexity index is 542. The molecule has 0 aliphatic rings. The van der Waals surface area contributed by atoms with Crippen LogP contribution >= 0.6 is 22.9 Å².